The van der Waals surface area contributed by atoms with Crippen LogP contribution < -0.4 is 5.32 Å². The molecule has 1 N–H and O–H groups in total. The third-order valence-electron chi connectivity index (χ3n) is 5.66. The Labute approximate surface area is 165 Å². The van der Waals surface area contributed by atoms with Gasteiger partial charge in [0.15, 0.2) is 14.6 Å². The molecule has 5 atom stereocenters. The average molecular weight is 400 g/mol. The summed E-state index contributed by atoms with van der Waals surface area (Å²) in [4.78, 5) is 24.4. The fourth-order valence-corrected chi connectivity index (χ4v) is 4.49. The molecule has 6 nitrogen and oxygen atoms in total. The monoisotopic (exact) mass is 399 g/mol. The van der Waals surface area contributed by atoms with Gasteiger partial charge in [-0.1, -0.05) is 26.8 Å². The van der Waals surface area contributed by atoms with E-state index in [9.17, 15) is 9.59 Å². The second-order valence-corrected chi connectivity index (χ2v) is 13.5. The molecular weight excluding hydrogens is 362 g/mol. The summed E-state index contributed by atoms with van der Waals surface area (Å²) in [5, 5.41) is 2.98. The number of hydrogen-bond donors (Lipinski definition) is 1. The van der Waals surface area contributed by atoms with Crippen LogP contribution in [0.15, 0.2) is 12.7 Å². The minimum Gasteiger partial charge on any atom is -0.436 e. The number of esters is 1. The maximum Gasteiger partial charge on any atom is 0.308 e. The molecule has 1 aliphatic heterocycles. The number of β-lactam (4-membered cyclic amide) rings is 1. The Bertz CT molecular complexity index is 543. The minimum atomic E-state index is -1.99. The highest BCUT2D eigenvalue weighted by molar-refractivity contribution is 6.74. The van der Waals surface area contributed by atoms with Gasteiger partial charge in [-0.05, 0) is 38.9 Å². The van der Waals surface area contributed by atoms with Gasteiger partial charge in [-0.25, -0.2) is 0 Å². The van der Waals surface area contributed by atoms with Gasteiger partial charge < -0.3 is 19.2 Å². The van der Waals surface area contributed by atoms with Crippen molar-refractivity contribution in [2.45, 2.75) is 84.5 Å². The normalized spacial score (nSPS) is 23.6. The highest BCUT2D eigenvalue weighted by Gasteiger charge is 2.49. The molecule has 0 aromatic rings. The number of ether oxygens (including phenoxy) is 2. The van der Waals surface area contributed by atoms with Crippen LogP contribution in [0.5, 0.6) is 0 Å². The van der Waals surface area contributed by atoms with Crippen LogP contribution in [0.3, 0.4) is 0 Å². The van der Waals surface area contributed by atoms with Crippen molar-refractivity contribution in [1.29, 1.82) is 0 Å². The highest BCUT2D eigenvalue weighted by Crippen LogP contribution is 2.39. The van der Waals surface area contributed by atoms with E-state index < -0.39 is 14.6 Å². The van der Waals surface area contributed by atoms with E-state index in [1.165, 1.54) is 0 Å². The zero-order valence-electron chi connectivity index (χ0n) is 18.1. The Balaban J connectivity index is 2.76. The lowest BCUT2D eigenvalue weighted by atomic mass is 9.77. The van der Waals surface area contributed by atoms with Gasteiger partial charge in [0.1, 0.15) is 0 Å². The van der Waals surface area contributed by atoms with Crippen LogP contribution in [0.2, 0.25) is 18.1 Å². The van der Waals surface area contributed by atoms with E-state index in [0.29, 0.717) is 6.61 Å². The van der Waals surface area contributed by atoms with Crippen LogP contribution in [-0.4, -0.2) is 45.2 Å². The summed E-state index contributed by atoms with van der Waals surface area (Å²) in [5.41, 5.74) is 0. The summed E-state index contributed by atoms with van der Waals surface area (Å²) in [7, 11) is -1.99. The molecule has 156 valence electrons. The molecule has 1 unspecified atom stereocenters. The lowest BCUT2D eigenvalue weighted by Crippen LogP contribution is -2.66. The summed E-state index contributed by atoms with van der Waals surface area (Å²) in [6, 6.07) is -0.176. The Morgan fingerprint density at radius 1 is 1.33 bits per heavy atom. The third-order valence-corrected chi connectivity index (χ3v) is 10.2. The average Bonchev–Trinajstić information content (AvgIpc) is 2.48. The predicted octanol–water partition coefficient (Wildman–Crippen LogP) is 3.63. The van der Waals surface area contributed by atoms with Gasteiger partial charge in [0.2, 0.25) is 5.91 Å². The molecule has 0 saturated carbocycles. The first kappa shape index (κ1) is 23.9. The standard InChI is InChI=1S/C20H37NO5Si/c1-10-15(12-16(22)25-14(4)24-11-2)18-17(19(23)21-18)13(3)26-27(8,9)20(5,6)7/h10,13-15,17-18H,1,11-12H2,2-9H3,(H,21,23)/t13-,14?,15+,17-,18+/m1/s1. The van der Waals surface area contributed by atoms with Crippen LogP contribution in [0, 0.1) is 11.8 Å². The van der Waals surface area contributed by atoms with Crippen LogP contribution in [0.4, 0.5) is 0 Å². The second kappa shape index (κ2) is 9.34. The van der Waals surface area contributed by atoms with Gasteiger partial charge in [-0.2, -0.15) is 0 Å². The number of nitrogens with one attached hydrogen (secondary N) is 1. The van der Waals surface area contributed by atoms with Crippen LogP contribution in [-0.2, 0) is 23.5 Å². The second-order valence-electron chi connectivity index (χ2n) is 8.76. The smallest absolute Gasteiger partial charge is 0.308 e. The molecule has 0 bridgehead atoms. The number of carbonyl (C=O) groups excluding carboxylic acids is 2. The van der Waals surface area contributed by atoms with E-state index in [1.54, 1.807) is 13.0 Å². The summed E-state index contributed by atoms with van der Waals surface area (Å²) >= 11 is 0. The van der Waals surface area contributed by atoms with E-state index in [2.05, 4.69) is 45.8 Å². The molecule has 1 amide bonds. The Hall–Kier alpha value is -1.18. The van der Waals surface area contributed by atoms with Crippen molar-refractivity contribution in [2.75, 3.05) is 6.61 Å². The molecule has 1 fully saturated rings. The topological polar surface area (TPSA) is 73.9 Å². The Kier molecular flexibility index (Phi) is 8.25. The van der Waals surface area contributed by atoms with Crippen LogP contribution >= 0.6 is 0 Å². The molecular formula is C20H37NO5Si. The molecule has 1 rings (SSSR count). The molecule has 0 aliphatic carbocycles. The van der Waals surface area contributed by atoms with Gasteiger partial charge in [-0.15, -0.1) is 6.58 Å². The van der Waals surface area contributed by atoms with Crippen molar-refractivity contribution < 1.29 is 23.5 Å². The summed E-state index contributed by atoms with van der Waals surface area (Å²) in [6.45, 7) is 20.7. The van der Waals surface area contributed by atoms with E-state index >= 15 is 0 Å². The first-order chi connectivity index (χ1) is 12.3. The first-order valence-corrected chi connectivity index (χ1v) is 12.7. The first-order valence-electron chi connectivity index (χ1n) is 9.75. The molecule has 0 aromatic heterocycles. The van der Waals surface area contributed by atoms with Gasteiger partial charge in [0.05, 0.1) is 18.4 Å². The number of carbonyl (C=O) groups is 2. The van der Waals surface area contributed by atoms with Crippen LogP contribution in [0.25, 0.3) is 0 Å². The quantitative estimate of drug-likeness (QED) is 0.200. The van der Waals surface area contributed by atoms with Gasteiger partial charge in [-0.3, -0.25) is 9.59 Å². The molecule has 0 aromatic carbocycles. The zero-order chi connectivity index (χ0) is 21.0. The van der Waals surface area contributed by atoms with Crippen LogP contribution in [0.1, 0.15) is 48.0 Å². The summed E-state index contributed by atoms with van der Waals surface area (Å²) < 4.78 is 16.9. The summed E-state index contributed by atoms with van der Waals surface area (Å²) in [5.74, 6) is -0.897. The molecule has 0 radical (unpaired) electrons. The fourth-order valence-electron chi connectivity index (χ4n) is 3.06. The predicted molar refractivity (Wildman–Crippen MR) is 109 cm³/mol. The molecule has 27 heavy (non-hydrogen) atoms. The molecule has 1 saturated heterocycles. The van der Waals surface area contributed by atoms with E-state index in [4.69, 9.17) is 13.9 Å². The van der Waals surface area contributed by atoms with E-state index in [-0.39, 0.29) is 47.3 Å². The maximum atomic E-state index is 12.2. The number of amides is 1. The fraction of sp³-hybridized carbons (Fsp3) is 0.800. The lowest BCUT2D eigenvalue weighted by molar-refractivity contribution is -0.175. The van der Waals surface area contributed by atoms with Crippen molar-refractivity contribution in [3.8, 4) is 0 Å². The lowest BCUT2D eigenvalue weighted by Gasteiger charge is -2.47. The van der Waals surface area contributed by atoms with Crippen molar-refractivity contribution >= 4 is 20.2 Å². The Morgan fingerprint density at radius 2 is 1.93 bits per heavy atom. The van der Waals surface area contributed by atoms with Crippen molar-refractivity contribution in [3.05, 3.63) is 12.7 Å². The number of hydrogen-bond acceptors (Lipinski definition) is 5. The Morgan fingerprint density at radius 3 is 2.37 bits per heavy atom. The van der Waals surface area contributed by atoms with E-state index in [0.717, 1.165) is 0 Å². The SMILES string of the molecule is C=C[C@@H](CC(=O)OC(C)OCC)[C@@H]1NC(=O)[C@@H]1[C@@H](C)O[Si](C)(C)C(C)(C)C. The van der Waals surface area contributed by atoms with Crippen molar-refractivity contribution in [2.24, 2.45) is 11.8 Å². The zero-order valence-corrected chi connectivity index (χ0v) is 19.1. The molecule has 7 heteroatoms. The maximum absolute atomic E-state index is 12.2. The van der Waals surface area contributed by atoms with Gasteiger partial charge in [0, 0.05) is 18.6 Å². The summed E-state index contributed by atoms with van der Waals surface area (Å²) in [6.07, 6.45) is 1.06. The van der Waals surface area contributed by atoms with E-state index in [1.807, 2.05) is 13.8 Å². The number of rotatable bonds is 10. The van der Waals surface area contributed by atoms with Gasteiger partial charge >= 0.3 is 5.97 Å². The largest absolute Gasteiger partial charge is 0.436 e. The molecule has 1 aliphatic rings. The highest BCUT2D eigenvalue weighted by atomic mass is 28.4. The van der Waals surface area contributed by atoms with Crippen molar-refractivity contribution in [1.82, 2.24) is 5.32 Å². The third kappa shape index (κ3) is 6.15. The molecule has 0 spiro atoms. The van der Waals surface area contributed by atoms with Crippen molar-refractivity contribution in [3.63, 3.8) is 0 Å². The van der Waals surface area contributed by atoms with Gasteiger partial charge in [0.25, 0.3) is 0 Å². The minimum absolute atomic E-state index is 0.0332. The molecule has 1 heterocycles.